The second kappa shape index (κ2) is 8.74. The molecule has 0 bridgehead atoms. The molecule has 0 amide bonds. The van der Waals surface area contributed by atoms with E-state index in [1.165, 1.54) is 18.5 Å². The number of pyridine rings is 1. The zero-order chi connectivity index (χ0) is 23.7. The highest BCUT2D eigenvalue weighted by Gasteiger charge is 2.13. The lowest BCUT2D eigenvalue weighted by Crippen LogP contribution is -2.38. The van der Waals surface area contributed by atoms with Crippen LogP contribution in [0.5, 0.6) is 11.5 Å². The highest BCUT2D eigenvalue weighted by atomic mass is 16.6. The summed E-state index contributed by atoms with van der Waals surface area (Å²) in [5.74, 6) is 1.90. The Morgan fingerprint density at radius 2 is 2.00 bits per heavy atom. The number of nitrogens with zero attached hydrogens (tertiary/aromatic N) is 6. The summed E-state index contributed by atoms with van der Waals surface area (Å²) in [5, 5.41) is 15.0. The van der Waals surface area contributed by atoms with Crippen LogP contribution in [-0.2, 0) is 6.54 Å². The lowest BCUT2D eigenvalue weighted by atomic mass is 10.1. The van der Waals surface area contributed by atoms with Crippen LogP contribution in [0.25, 0.3) is 16.6 Å². The van der Waals surface area contributed by atoms with Gasteiger partial charge in [0.15, 0.2) is 0 Å². The second-order valence-electron chi connectivity index (χ2n) is 7.86. The van der Waals surface area contributed by atoms with E-state index < -0.39 is 4.92 Å². The van der Waals surface area contributed by atoms with Gasteiger partial charge >= 0.3 is 6.33 Å². The van der Waals surface area contributed by atoms with E-state index in [2.05, 4.69) is 31.9 Å². The monoisotopic (exact) mass is 456 g/mol. The van der Waals surface area contributed by atoms with Gasteiger partial charge in [0.1, 0.15) is 30.2 Å². The van der Waals surface area contributed by atoms with Crippen LogP contribution in [-0.4, -0.2) is 24.4 Å². The van der Waals surface area contributed by atoms with Crippen LogP contribution in [0.4, 0.5) is 17.2 Å². The summed E-state index contributed by atoms with van der Waals surface area (Å²) >= 11 is 0. The van der Waals surface area contributed by atoms with Crippen molar-refractivity contribution >= 4 is 33.7 Å². The van der Waals surface area contributed by atoms with Crippen molar-refractivity contribution in [1.82, 2.24) is 19.5 Å². The van der Waals surface area contributed by atoms with E-state index in [0.29, 0.717) is 28.2 Å². The Balaban J connectivity index is 1.39. The van der Waals surface area contributed by atoms with Crippen molar-refractivity contribution in [2.75, 3.05) is 5.32 Å². The van der Waals surface area contributed by atoms with Gasteiger partial charge in [0.2, 0.25) is 0 Å². The van der Waals surface area contributed by atoms with Crippen LogP contribution in [0, 0.1) is 17.0 Å². The zero-order valence-corrected chi connectivity index (χ0v) is 18.7. The summed E-state index contributed by atoms with van der Waals surface area (Å²) in [6.07, 6.45) is 6.21. The van der Waals surface area contributed by atoms with Gasteiger partial charge in [-0.3, -0.25) is 10.1 Å². The average Bonchev–Trinajstić information content (AvgIpc) is 3.23. The molecule has 0 aliphatic rings. The van der Waals surface area contributed by atoms with Crippen LogP contribution in [0.2, 0.25) is 0 Å². The van der Waals surface area contributed by atoms with Crippen molar-refractivity contribution in [2.24, 2.45) is 0 Å². The van der Waals surface area contributed by atoms with Crippen molar-refractivity contribution < 1.29 is 14.3 Å². The van der Waals surface area contributed by atoms with Crippen LogP contribution >= 0.6 is 0 Å². The van der Waals surface area contributed by atoms with Crippen LogP contribution < -0.4 is 14.7 Å². The fourth-order valence-corrected chi connectivity index (χ4v) is 3.78. The van der Waals surface area contributed by atoms with E-state index in [1.54, 1.807) is 6.07 Å². The normalized spacial score (nSPS) is 11.1. The highest BCUT2D eigenvalue weighted by Crippen LogP contribution is 2.31. The zero-order valence-electron chi connectivity index (χ0n) is 18.7. The molecule has 0 unspecified atom stereocenters. The Bertz CT molecular complexity index is 1530. The topological polar surface area (TPSA) is 111 Å². The Kier molecular flexibility index (Phi) is 5.46. The number of ether oxygens (including phenoxy) is 1. The van der Waals surface area contributed by atoms with Gasteiger partial charge in [0.25, 0.3) is 11.3 Å². The molecule has 0 radical (unpaired) electrons. The minimum Gasteiger partial charge on any atom is -0.457 e. The number of nitro benzene ring substituents is 1. The number of anilines is 2. The molecule has 1 N–H and O–H groups in total. The largest absolute Gasteiger partial charge is 0.457 e. The third-order valence-electron chi connectivity index (χ3n) is 5.43. The van der Waals surface area contributed by atoms with E-state index in [-0.39, 0.29) is 5.69 Å². The molecule has 10 heteroatoms. The summed E-state index contributed by atoms with van der Waals surface area (Å²) in [6, 6.07) is 14.0. The number of rotatable bonds is 7. The first kappa shape index (κ1) is 21.3. The van der Waals surface area contributed by atoms with Crippen molar-refractivity contribution in [1.29, 1.82) is 0 Å². The third-order valence-corrected chi connectivity index (χ3v) is 5.43. The molecule has 3 heterocycles. The molecule has 170 valence electrons. The van der Waals surface area contributed by atoms with Gasteiger partial charge in [-0.05, 0) is 48.2 Å². The number of nitrogens with one attached hydrogen (secondary N) is 1. The highest BCUT2D eigenvalue weighted by molar-refractivity contribution is 5.92. The number of non-ortho nitro benzene ring substituents is 1. The first-order chi connectivity index (χ1) is 16.5. The molecule has 0 atom stereocenters. The van der Waals surface area contributed by atoms with Gasteiger partial charge in [0.05, 0.1) is 22.7 Å². The summed E-state index contributed by atoms with van der Waals surface area (Å²) in [6.45, 7) is 4.97. The lowest BCUT2D eigenvalue weighted by molar-refractivity contribution is -0.761. The molecule has 3 aromatic heterocycles. The van der Waals surface area contributed by atoms with Gasteiger partial charge in [-0.15, -0.1) is 4.52 Å². The summed E-state index contributed by atoms with van der Waals surface area (Å²) in [5.41, 5.74) is 3.11. The number of nitro groups is 1. The number of fused-ring (bicyclic) bond motifs is 2. The molecule has 0 aliphatic heterocycles. The molecular weight excluding hydrogens is 434 g/mol. The molecule has 0 spiro atoms. The summed E-state index contributed by atoms with van der Waals surface area (Å²) in [4.78, 5) is 23.7. The molecule has 0 saturated carbocycles. The van der Waals surface area contributed by atoms with Gasteiger partial charge in [0, 0.05) is 29.3 Å². The Hall–Kier alpha value is -4.60. The first-order valence-electron chi connectivity index (χ1n) is 10.8. The fourth-order valence-electron chi connectivity index (χ4n) is 3.78. The summed E-state index contributed by atoms with van der Waals surface area (Å²) in [7, 11) is 0. The Morgan fingerprint density at radius 1 is 1.12 bits per heavy atom. The second-order valence-corrected chi connectivity index (χ2v) is 7.86. The SMILES string of the molecule is CCC[n+]1cnc2cc(Oc3ccc(Nc4ncnc5ccc([N+](=O)[O-])cc45)cc3C)ccn21. The standard InChI is InChI=1S/C24H22N7O3/c1-3-9-29-15-27-23-13-19(8-10-30(23)29)34-22-7-4-17(11-16(22)2)28-24-20-12-18(31(32)33)5-6-21(20)25-14-26-24/h4-8,10-15H,3,9H2,1-2H3,(H,25,26,28)/q+1. The maximum absolute atomic E-state index is 11.2. The van der Waals surface area contributed by atoms with Crippen LogP contribution in [0.1, 0.15) is 18.9 Å². The van der Waals surface area contributed by atoms with E-state index in [1.807, 2.05) is 54.3 Å². The van der Waals surface area contributed by atoms with Crippen molar-refractivity contribution in [3.05, 3.63) is 83.1 Å². The molecule has 5 rings (SSSR count). The first-order valence-corrected chi connectivity index (χ1v) is 10.8. The smallest absolute Gasteiger partial charge is 0.308 e. The van der Waals surface area contributed by atoms with Crippen molar-refractivity contribution in [3.8, 4) is 11.5 Å². The number of benzene rings is 2. The number of hydrogen-bond acceptors (Lipinski definition) is 7. The lowest BCUT2D eigenvalue weighted by Gasteiger charge is -2.12. The average molecular weight is 456 g/mol. The molecule has 2 aromatic carbocycles. The number of hydrogen-bond donors (Lipinski definition) is 1. The van der Waals surface area contributed by atoms with E-state index in [4.69, 9.17) is 4.74 Å². The number of aromatic nitrogens is 5. The minimum atomic E-state index is -0.434. The molecule has 5 aromatic rings. The van der Waals surface area contributed by atoms with E-state index >= 15 is 0 Å². The molecular formula is C24H22N7O3+. The maximum Gasteiger partial charge on any atom is 0.308 e. The molecule has 0 fully saturated rings. The Labute approximate surface area is 194 Å². The third kappa shape index (κ3) is 4.08. The van der Waals surface area contributed by atoms with Crippen molar-refractivity contribution in [3.63, 3.8) is 0 Å². The maximum atomic E-state index is 11.2. The summed E-state index contributed by atoms with van der Waals surface area (Å²) < 4.78 is 10.2. The van der Waals surface area contributed by atoms with Crippen LogP contribution in [0.15, 0.2) is 67.4 Å². The fraction of sp³-hybridized carbons (Fsp3) is 0.167. The van der Waals surface area contributed by atoms with Crippen molar-refractivity contribution in [2.45, 2.75) is 26.8 Å². The predicted molar refractivity (Wildman–Crippen MR) is 126 cm³/mol. The predicted octanol–water partition coefficient (Wildman–Crippen LogP) is 4.73. The molecule has 0 aliphatic carbocycles. The van der Waals surface area contributed by atoms with Gasteiger partial charge < -0.3 is 10.1 Å². The quantitative estimate of drug-likeness (QED) is 0.214. The number of aryl methyl sites for hydroxylation is 2. The van der Waals surface area contributed by atoms with E-state index in [0.717, 1.165) is 29.9 Å². The Morgan fingerprint density at radius 3 is 2.79 bits per heavy atom. The van der Waals surface area contributed by atoms with Gasteiger partial charge in [-0.2, -0.15) is 4.68 Å². The van der Waals surface area contributed by atoms with E-state index in [9.17, 15) is 10.1 Å². The van der Waals surface area contributed by atoms with Gasteiger partial charge in [-0.25, -0.2) is 9.97 Å². The molecule has 34 heavy (non-hydrogen) atoms. The minimum absolute atomic E-state index is 0.0139. The molecule has 10 nitrogen and oxygen atoms in total. The van der Waals surface area contributed by atoms with Gasteiger partial charge in [-0.1, -0.05) is 6.92 Å². The van der Waals surface area contributed by atoms with Crippen LogP contribution in [0.3, 0.4) is 0 Å². The molecule has 0 saturated heterocycles.